The molecular weight excluding hydrogens is 486 g/mol. The van der Waals surface area contributed by atoms with Gasteiger partial charge in [-0.1, -0.05) is 34.1 Å². The third-order valence-electron chi connectivity index (χ3n) is 3.99. The first-order valence-corrected chi connectivity index (χ1v) is 10.5. The van der Waals surface area contributed by atoms with Crippen LogP contribution in [0.5, 0.6) is 11.5 Å². The molecule has 31 heavy (non-hydrogen) atoms. The van der Waals surface area contributed by atoms with Gasteiger partial charge in [-0.2, -0.15) is 5.10 Å². The van der Waals surface area contributed by atoms with E-state index in [-0.39, 0.29) is 10.1 Å². The number of benzene rings is 2. The van der Waals surface area contributed by atoms with Gasteiger partial charge in [-0.3, -0.25) is 10.1 Å². The summed E-state index contributed by atoms with van der Waals surface area (Å²) < 4.78 is 16.8. The molecule has 1 amide bonds. The van der Waals surface area contributed by atoms with Crippen LogP contribution < -0.4 is 14.8 Å². The first-order chi connectivity index (χ1) is 15.0. The normalized spacial score (nSPS) is 16.0. The molecule has 1 heterocycles. The van der Waals surface area contributed by atoms with E-state index in [4.69, 9.17) is 9.47 Å². The second kappa shape index (κ2) is 10.8. The smallest absolute Gasteiger partial charge is 0.331 e. The number of hydrogen-bond acceptors (Lipinski definition) is 8. The van der Waals surface area contributed by atoms with Crippen LogP contribution in [0, 0.1) is 0 Å². The van der Waals surface area contributed by atoms with Crippen molar-refractivity contribution < 1.29 is 23.8 Å². The minimum absolute atomic E-state index is 0.189. The number of amides is 1. The second-order valence-electron chi connectivity index (χ2n) is 6.03. The van der Waals surface area contributed by atoms with Gasteiger partial charge in [0, 0.05) is 16.1 Å². The quantitative estimate of drug-likeness (QED) is 0.268. The summed E-state index contributed by atoms with van der Waals surface area (Å²) in [6, 6.07) is 13.2. The number of nitrogens with zero attached hydrogens (tertiary/aromatic N) is 2. The molecule has 3 rings (SSSR count). The lowest BCUT2D eigenvalue weighted by Gasteiger charge is -2.12. The van der Waals surface area contributed by atoms with Crippen molar-refractivity contribution in [2.24, 2.45) is 10.2 Å². The fourth-order valence-corrected chi connectivity index (χ4v) is 3.58. The van der Waals surface area contributed by atoms with Crippen molar-refractivity contribution in [3.63, 3.8) is 0 Å². The summed E-state index contributed by atoms with van der Waals surface area (Å²) >= 11 is 4.50. The molecule has 8 nitrogen and oxygen atoms in total. The van der Waals surface area contributed by atoms with Crippen molar-refractivity contribution in [1.29, 1.82) is 0 Å². The van der Waals surface area contributed by atoms with Gasteiger partial charge in [0.05, 0.1) is 25.3 Å². The highest BCUT2D eigenvalue weighted by molar-refractivity contribution is 9.10. The van der Waals surface area contributed by atoms with Gasteiger partial charge in [0.15, 0.2) is 16.7 Å². The van der Waals surface area contributed by atoms with E-state index >= 15 is 0 Å². The monoisotopic (exact) mass is 503 g/mol. The van der Waals surface area contributed by atoms with E-state index in [0.29, 0.717) is 18.1 Å². The number of thioether (sulfide) groups is 1. The zero-order valence-corrected chi connectivity index (χ0v) is 19.0. The van der Waals surface area contributed by atoms with Gasteiger partial charge in [0.25, 0.3) is 5.91 Å². The van der Waals surface area contributed by atoms with Gasteiger partial charge < -0.3 is 14.2 Å². The summed E-state index contributed by atoms with van der Waals surface area (Å²) in [6.07, 6.45) is 2.62. The van der Waals surface area contributed by atoms with Gasteiger partial charge >= 0.3 is 5.97 Å². The Bertz CT molecular complexity index is 1080. The highest BCUT2D eigenvalue weighted by atomic mass is 79.9. The van der Waals surface area contributed by atoms with E-state index in [1.54, 1.807) is 19.2 Å². The van der Waals surface area contributed by atoms with E-state index in [2.05, 4.69) is 36.2 Å². The molecule has 0 aromatic heterocycles. The summed E-state index contributed by atoms with van der Waals surface area (Å²) in [5, 5.41) is 10.7. The van der Waals surface area contributed by atoms with Crippen molar-refractivity contribution in [3.05, 3.63) is 69.0 Å². The molecule has 0 spiro atoms. The Morgan fingerprint density at radius 2 is 2.00 bits per heavy atom. The summed E-state index contributed by atoms with van der Waals surface area (Å²) in [5.74, 6) is 0.0995. The zero-order valence-electron chi connectivity index (χ0n) is 16.6. The second-order valence-corrected chi connectivity index (χ2v) is 7.91. The molecule has 2 aromatic carbocycles. The van der Waals surface area contributed by atoms with E-state index in [0.717, 1.165) is 33.4 Å². The Balaban J connectivity index is 1.66. The molecule has 0 saturated carbocycles. The molecule has 1 saturated heterocycles. The number of esters is 1. The topological polar surface area (TPSA) is 98.6 Å². The number of hydrogen-bond donors (Lipinski definition) is 1. The molecule has 1 fully saturated rings. The molecule has 0 bridgehead atoms. The Kier molecular flexibility index (Phi) is 7.85. The first-order valence-electron chi connectivity index (χ1n) is 8.94. The van der Waals surface area contributed by atoms with Crippen LogP contribution in [0.1, 0.15) is 11.1 Å². The van der Waals surface area contributed by atoms with Gasteiger partial charge in [-0.25, -0.2) is 4.79 Å². The third kappa shape index (κ3) is 6.19. The predicted octanol–water partition coefficient (Wildman–Crippen LogP) is 3.65. The summed E-state index contributed by atoms with van der Waals surface area (Å²) in [4.78, 5) is 23.3. The average molecular weight is 504 g/mol. The maximum absolute atomic E-state index is 11.8. The molecule has 0 radical (unpaired) electrons. The standard InChI is InChI=1S/C21H18BrN3O5S/c1-28-17-9-13(7-8-16(17)30-12-14-5-3-4-6-15(14)22)11-23-25-21-24-20(27)18(31-21)10-19(26)29-2/h3-11H,12H2,1-2H3,(H,24,25,27)/b18-10+,23-11?. The van der Waals surface area contributed by atoms with Crippen LogP contribution >= 0.6 is 27.7 Å². The minimum atomic E-state index is -0.614. The zero-order chi connectivity index (χ0) is 22.2. The van der Waals surface area contributed by atoms with Crippen LogP contribution in [0.4, 0.5) is 0 Å². The molecule has 10 heteroatoms. The molecular formula is C21H18BrN3O5S. The Hall–Kier alpha value is -3.11. The molecule has 160 valence electrons. The van der Waals surface area contributed by atoms with Gasteiger partial charge in [0.2, 0.25) is 0 Å². The number of methoxy groups -OCH3 is 2. The molecule has 0 atom stereocenters. The molecule has 2 aromatic rings. The molecule has 0 aliphatic carbocycles. The van der Waals surface area contributed by atoms with Crippen molar-refractivity contribution in [2.75, 3.05) is 14.2 Å². The van der Waals surface area contributed by atoms with E-state index in [9.17, 15) is 9.59 Å². The predicted molar refractivity (Wildman–Crippen MR) is 122 cm³/mol. The Morgan fingerprint density at radius 1 is 1.19 bits per heavy atom. The fourth-order valence-electron chi connectivity index (χ4n) is 2.44. The lowest BCUT2D eigenvalue weighted by atomic mass is 10.2. The SMILES string of the molecule is COC(=O)/C=C1/S/C(=N\N=Cc2ccc(OCc3ccccc3Br)c(OC)c2)NC1=O. The lowest BCUT2D eigenvalue weighted by Crippen LogP contribution is -2.19. The summed E-state index contributed by atoms with van der Waals surface area (Å²) in [5.41, 5.74) is 1.75. The number of rotatable bonds is 7. The Morgan fingerprint density at radius 3 is 2.74 bits per heavy atom. The first kappa shape index (κ1) is 22.6. The van der Waals surface area contributed by atoms with E-state index in [1.165, 1.54) is 13.3 Å². The van der Waals surface area contributed by atoms with Crippen molar-refractivity contribution in [1.82, 2.24) is 5.32 Å². The van der Waals surface area contributed by atoms with Crippen LogP contribution in [0.15, 0.2) is 68.1 Å². The van der Waals surface area contributed by atoms with Crippen LogP contribution in [0.3, 0.4) is 0 Å². The Labute approximate surface area is 191 Å². The lowest BCUT2D eigenvalue weighted by molar-refractivity contribution is -0.135. The van der Waals surface area contributed by atoms with Crippen LogP contribution in [-0.4, -0.2) is 37.5 Å². The van der Waals surface area contributed by atoms with Crippen LogP contribution in [0.25, 0.3) is 0 Å². The van der Waals surface area contributed by atoms with E-state index in [1.807, 2.05) is 30.3 Å². The van der Waals surface area contributed by atoms with E-state index < -0.39 is 11.9 Å². The molecule has 1 aliphatic heterocycles. The van der Waals surface area contributed by atoms with Gasteiger partial charge in [-0.15, -0.1) is 5.10 Å². The third-order valence-corrected chi connectivity index (χ3v) is 5.66. The minimum Gasteiger partial charge on any atom is -0.493 e. The fraction of sp³-hybridized carbons (Fsp3) is 0.143. The van der Waals surface area contributed by atoms with Crippen LogP contribution in [-0.2, 0) is 20.9 Å². The van der Waals surface area contributed by atoms with Crippen molar-refractivity contribution >= 4 is 51.0 Å². The van der Waals surface area contributed by atoms with Crippen LogP contribution in [0.2, 0.25) is 0 Å². The summed E-state index contributed by atoms with van der Waals surface area (Å²) in [7, 11) is 2.79. The number of nitrogens with one attached hydrogen (secondary N) is 1. The number of ether oxygens (including phenoxy) is 3. The average Bonchev–Trinajstić information content (AvgIpc) is 3.12. The number of carbonyl (C=O) groups excluding carboxylic acids is 2. The largest absolute Gasteiger partial charge is 0.493 e. The summed E-state index contributed by atoms with van der Waals surface area (Å²) in [6.45, 7) is 0.386. The maximum Gasteiger partial charge on any atom is 0.331 e. The highest BCUT2D eigenvalue weighted by Gasteiger charge is 2.25. The number of carbonyl (C=O) groups is 2. The number of halogens is 1. The highest BCUT2D eigenvalue weighted by Crippen LogP contribution is 2.29. The molecule has 1 aliphatic rings. The van der Waals surface area contributed by atoms with Crippen molar-refractivity contribution in [2.45, 2.75) is 6.61 Å². The van der Waals surface area contributed by atoms with Gasteiger partial charge in [-0.05, 0) is 41.6 Å². The van der Waals surface area contributed by atoms with Crippen molar-refractivity contribution in [3.8, 4) is 11.5 Å². The molecule has 1 N–H and O–H groups in total. The number of amidine groups is 1. The van der Waals surface area contributed by atoms with Gasteiger partial charge in [0.1, 0.15) is 6.61 Å². The maximum atomic E-state index is 11.8. The molecule has 0 unspecified atom stereocenters.